The number of thiophene rings is 1. The van der Waals surface area contributed by atoms with Gasteiger partial charge in [-0.15, -0.1) is 11.3 Å². The van der Waals surface area contributed by atoms with Crippen LogP contribution in [-0.4, -0.2) is 11.6 Å². The number of hydrogen-bond donors (Lipinski definition) is 1. The third-order valence-electron chi connectivity index (χ3n) is 2.09. The highest BCUT2D eigenvalue weighted by atomic mass is 32.1. The van der Waals surface area contributed by atoms with E-state index in [1.807, 2.05) is 25.1 Å². The largest absolute Gasteiger partial charge is 0.476 e. The van der Waals surface area contributed by atoms with Crippen molar-refractivity contribution in [3.8, 4) is 5.88 Å². The molecule has 2 rings (SSSR count). The molecule has 84 valence electrons. The molecule has 16 heavy (non-hydrogen) atoms. The van der Waals surface area contributed by atoms with Crippen molar-refractivity contribution in [1.82, 2.24) is 4.98 Å². The Morgan fingerprint density at radius 1 is 1.38 bits per heavy atom. The van der Waals surface area contributed by atoms with Gasteiger partial charge in [0.2, 0.25) is 5.88 Å². The van der Waals surface area contributed by atoms with Crippen LogP contribution in [0.2, 0.25) is 0 Å². The molecule has 0 atom stereocenters. The summed E-state index contributed by atoms with van der Waals surface area (Å²) in [6.07, 6.45) is 1.74. The Balaban J connectivity index is 2.03. The number of pyridine rings is 1. The number of anilines is 1. The van der Waals surface area contributed by atoms with Gasteiger partial charge in [-0.25, -0.2) is 4.98 Å². The second kappa shape index (κ2) is 5.51. The van der Waals surface area contributed by atoms with Crippen molar-refractivity contribution in [3.63, 3.8) is 0 Å². The molecular weight excluding hydrogens is 220 g/mol. The van der Waals surface area contributed by atoms with E-state index in [2.05, 4.69) is 21.7 Å². The number of nitrogens with one attached hydrogen (secondary N) is 1. The van der Waals surface area contributed by atoms with Gasteiger partial charge in [-0.2, -0.15) is 0 Å². The third kappa shape index (κ3) is 2.73. The molecule has 2 aromatic heterocycles. The minimum Gasteiger partial charge on any atom is -0.476 e. The quantitative estimate of drug-likeness (QED) is 0.863. The van der Waals surface area contributed by atoms with Crippen molar-refractivity contribution in [2.75, 3.05) is 11.9 Å². The van der Waals surface area contributed by atoms with Crippen LogP contribution in [0.3, 0.4) is 0 Å². The molecule has 0 amide bonds. The van der Waals surface area contributed by atoms with Gasteiger partial charge >= 0.3 is 0 Å². The minimum absolute atomic E-state index is 0.630. The van der Waals surface area contributed by atoms with Crippen LogP contribution in [0, 0.1) is 0 Å². The molecule has 0 saturated carbocycles. The zero-order chi connectivity index (χ0) is 11.2. The van der Waals surface area contributed by atoms with Crippen LogP contribution >= 0.6 is 11.3 Å². The summed E-state index contributed by atoms with van der Waals surface area (Å²) in [5.74, 6) is 0.668. The van der Waals surface area contributed by atoms with Gasteiger partial charge in [-0.05, 0) is 30.5 Å². The van der Waals surface area contributed by atoms with E-state index in [1.165, 1.54) is 4.88 Å². The lowest BCUT2D eigenvalue weighted by atomic mass is 10.4. The van der Waals surface area contributed by atoms with Gasteiger partial charge in [-0.1, -0.05) is 6.07 Å². The van der Waals surface area contributed by atoms with Crippen LogP contribution in [0.4, 0.5) is 5.69 Å². The summed E-state index contributed by atoms with van der Waals surface area (Å²) >= 11 is 1.74. The fourth-order valence-corrected chi connectivity index (χ4v) is 2.02. The van der Waals surface area contributed by atoms with Gasteiger partial charge < -0.3 is 10.1 Å². The maximum Gasteiger partial charge on any atom is 0.237 e. The predicted molar refractivity (Wildman–Crippen MR) is 67.1 cm³/mol. The Kier molecular flexibility index (Phi) is 3.77. The molecule has 2 aromatic rings. The molecule has 3 nitrogen and oxygen atoms in total. The normalized spacial score (nSPS) is 10.1. The molecule has 0 aromatic carbocycles. The highest BCUT2D eigenvalue weighted by Crippen LogP contribution is 2.21. The summed E-state index contributed by atoms with van der Waals surface area (Å²) in [5, 5.41) is 5.40. The lowest BCUT2D eigenvalue weighted by molar-refractivity contribution is 0.328. The third-order valence-corrected chi connectivity index (χ3v) is 2.96. The van der Waals surface area contributed by atoms with Crippen LogP contribution in [0.15, 0.2) is 35.8 Å². The van der Waals surface area contributed by atoms with Gasteiger partial charge in [0, 0.05) is 17.6 Å². The maximum absolute atomic E-state index is 5.44. The van der Waals surface area contributed by atoms with Gasteiger partial charge in [0.25, 0.3) is 0 Å². The van der Waals surface area contributed by atoms with Crippen molar-refractivity contribution < 1.29 is 4.74 Å². The number of rotatable bonds is 5. The Morgan fingerprint density at radius 2 is 2.31 bits per heavy atom. The zero-order valence-corrected chi connectivity index (χ0v) is 9.96. The molecule has 2 heterocycles. The number of hydrogen-bond acceptors (Lipinski definition) is 4. The maximum atomic E-state index is 5.44. The smallest absolute Gasteiger partial charge is 0.237 e. The molecule has 0 fully saturated rings. The second-order valence-electron chi connectivity index (χ2n) is 3.22. The summed E-state index contributed by atoms with van der Waals surface area (Å²) in [5.41, 5.74) is 0.942. The number of nitrogens with zero attached hydrogens (tertiary/aromatic N) is 1. The van der Waals surface area contributed by atoms with Gasteiger partial charge in [0.1, 0.15) is 0 Å². The fraction of sp³-hybridized carbons (Fsp3) is 0.250. The van der Waals surface area contributed by atoms with Crippen molar-refractivity contribution in [2.24, 2.45) is 0 Å². The van der Waals surface area contributed by atoms with Gasteiger partial charge in [-0.3, -0.25) is 0 Å². The first-order valence-electron chi connectivity index (χ1n) is 5.24. The molecular formula is C12H14N2OS. The minimum atomic E-state index is 0.630. The van der Waals surface area contributed by atoms with E-state index in [4.69, 9.17) is 4.74 Å². The second-order valence-corrected chi connectivity index (χ2v) is 4.25. The first-order valence-corrected chi connectivity index (χ1v) is 6.12. The van der Waals surface area contributed by atoms with Crippen LogP contribution in [0.1, 0.15) is 11.8 Å². The molecule has 0 aliphatic heterocycles. The Bertz CT molecular complexity index is 428. The van der Waals surface area contributed by atoms with Crippen molar-refractivity contribution >= 4 is 17.0 Å². The number of aromatic nitrogens is 1. The topological polar surface area (TPSA) is 34.1 Å². The van der Waals surface area contributed by atoms with E-state index in [9.17, 15) is 0 Å². The molecule has 4 heteroatoms. The highest BCUT2D eigenvalue weighted by molar-refractivity contribution is 7.09. The average Bonchev–Trinajstić information content (AvgIpc) is 2.81. The summed E-state index contributed by atoms with van der Waals surface area (Å²) in [6.45, 7) is 3.39. The molecule has 0 spiro atoms. The molecule has 0 aliphatic rings. The van der Waals surface area contributed by atoms with Crippen molar-refractivity contribution in [3.05, 3.63) is 40.7 Å². The number of ether oxygens (including phenoxy) is 1. The molecule has 0 aliphatic carbocycles. The van der Waals surface area contributed by atoms with Gasteiger partial charge in [0.15, 0.2) is 0 Å². The highest BCUT2D eigenvalue weighted by Gasteiger charge is 2.03. The first kappa shape index (κ1) is 11.0. The van der Waals surface area contributed by atoms with E-state index in [0.29, 0.717) is 12.5 Å². The Hall–Kier alpha value is -1.55. The van der Waals surface area contributed by atoms with Crippen molar-refractivity contribution in [2.45, 2.75) is 13.5 Å². The standard InChI is InChI=1S/C12H14N2OS/c1-2-15-12-11(6-3-7-13-12)14-9-10-5-4-8-16-10/h3-8,14H,2,9H2,1H3. The monoisotopic (exact) mass is 234 g/mol. The van der Waals surface area contributed by atoms with E-state index < -0.39 is 0 Å². The van der Waals surface area contributed by atoms with Crippen LogP contribution < -0.4 is 10.1 Å². The average molecular weight is 234 g/mol. The van der Waals surface area contributed by atoms with Crippen LogP contribution in [0.5, 0.6) is 5.88 Å². The van der Waals surface area contributed by atoms with Crippen LogP contribution in [-0.2, 0) is 6.54 Å². The zero-order valence-electron chi connectivity index (χ0n) is 9.14. The predicted octanol–water partition coefficient (Wildman–Crippen LogP) is 3.15. The Labute approximate surface area is 99.1 Å². The molecule has 0 bridgehead atoms. The summed E-state index contributed by atoms with van der Waals surface area (Å²) in [7, 11) is 0. The van der Waals surface area contributed by atoms with Crippen LogP contribution in [0.25, 0.3) is 0 Å². The van der Waals surface area contributed by atoms with E-state index in [0.717, 1.165) is 12.2 Å². The van der Waals surface area contributed by atoms with E-state index in [-0.39, 0.29) is 0 Å². The van der Waals surface area contributed by atoms with Crippen molar-refractivity contribution in [1.29, 1.82) is 0 Å². The van der Waals surface area contributed by atoms with E-state index >= 15 is 0 Å². The summed E-state index contributed by atoms with van der Waals surface area (Å²) in [6, 6.07) is 8.04. The Morgan fingerprint density at radius 3 is 3.06 bits per heavy atom. The summed E-state index contributed by atoms with van der Waals surface area (Å²) in [4.78, 5) is 5.48. The van der Waals surface area contributed by atoms with E-state index in [1.54, 1.807) is 17.5 Å². The molecule has 1 N–H and O–H groups in total. The first-order chi connectivity index (χ1) is 7.90. The lowest BCUT2D eigenvalue weighted by Crippen LogP contribution is -2.02. The SMILES string of the molecule is CCOc1ncccc1NCc1cccs1. The molecule has 0 radical (unpaired) electrons. The molecule has 0 unspecified atom stereocenters. The fourth-order valence-electron chi connectivity index (χ4n) is 1.37. The lowest BCUT2D eigenvalue weighted by Gasteiger charge is -2.09. The molecule has 0 saturated heterocycles. The van der Waals surface area contributed by atoms with Gasteiger partial charge in [0.05, 0.1) is 12.3 Å². The summed E-state index contributed by atoms with van der Waals surface area (Å²) < 4.78 is 5.44.